The molecule has 0 saturated heterocycles. The molecule has 72 valence electrons. The summed E-state index contributed by atoms with van der Waals surface area (Å²) < 4.78 is 0. The summed E-state index contributed by atoms with van der Waals surface area (Å²) in [5.41, 5.74) is 6.92. The second kappa shape index (κ2) is 4.45. The second-order valence-corrected chi connectivity index (χ2v) is 2.79. The Morgan fingerprint density at radius 1 is 1.57 bits per heavy atom. The Balaban J connectivity index is 3.20. The van der Waals surface area contributed by atoms with E-state index in [-0.39, 0.29) is 12.1 Å². The summed E-state index contributed by atoms with van der Waals surface area (Å²) in [6.45, 7) is 2.01. The van der Waals surface area contributed by atoms with Crippen LogP contribution >= 0.6 is 0 Å². The first-order chi connectivity index (χ1) is 6.66. The van der Waals surface area contributed by atoms with Gasteiger partial charge in [-0.2, -0.15) is 0 Å². The molecule has 0 fully saturated rings. The smallest absolute Gasteiger partial charge is 0.335 e. The molecule has 0 aliphatic heterocycles. The van der Waals surface area contributed by atoms with E-state index in [1.165, 1.54) is 0 Å². The van der Waals surface area contributed by atoms with Gasteiger partial charge in [0.2, 0.25) is 0 Å². The van der Waals surface area contributed by atoms with Gasteiger partial charge in [0.05, 0.1) is 12.1 Å². The molecule has 0 aliphatic rings. The van der Waals surface area contributed by atoms with Crippen LogP contribution in [0.25, 0.3) is 0 Å². The van der Waals surface area contributed by atoms with E-state index in [9.17, 15) is 4.79 Å². The van der Waals surface area contributed by atoms with E-state index in [4.69, 9.17) is 10.8 Å². The van der Waals surface area contributed by atoms with Gasteiger partial charge in [0.1, 0.15) is 0 Å². The first-order valence-corrected chi connectivity index (χ1v) is 4.18. The third-order valence-electron chi connectivity index (χ3n) is 1.89. The minimum atomic E-state index is -0.932. The monoisotopic (exact) mass is 189 g/mol. The zero-order valence-corrected chi connectivity index (χ0v) is 7.87. The minimum absolute atomic E-state index is 0.275. The Bertz CT molecular complexity index is 413. The number of carboxylic acids is 1. The average Bonchev–Trinajstić information content (AvgIpc) is 2.16. The van der Waals surface area contributed by atoms with Crippen LogP contribution in [-0.4, -0.2) is 17.6 Å². The highest BCUT2D eigenvalue weighted by Gasteiger charge is 2.07. The van der Waals surface area contributed by atoms with Crippen LogP contribution in [0.2, 0.25) is 0 Å². The van der Waals surface area contributed by atoms with Crippen LogP contribution in [0.1, 0.15) is 21.5 Å². The minimum Gasteiger partial charge on any atom is -0.478 e. The lowest BCUT2D eigenvalue weighted by Crippen LogP contribution is -2.01. The van der Waals surface area contributed by atoms with Crippen LogP contribution in [0.15, 0.2) is 18.2 Å². The molecule has 0 aliphatic carbocycles. The van der Waals surface area contributed by atoms with Crippen molar-refractivity contribution in [3.8, 4) is 11.8 Å². The van der Waals surface area contributed by atoms with Gasteiger partial charge in [-0.25, -0.2) is 4.79 Å². The van der Waals surface area contributed by atoms with Gasteiger partial charge in [-0.15, -0.1) is 0 Å². The van der Waals surface area contributed by atoms with Crippen LogP contribution < -0.4 is 5.73 Å². The fraction of sp³-hybridized carbons (Fsp3) is 0.182. The van der Waals surface area contributed by atoms with Gasteiger partial charge < -0.3 is 10.8 Å². The Morgan fingerprint density at radius 2 is 2.29 bits per heavy atom. The van der Waals surface area contributed by atoms with Crippen molar-refractivity contribution in [3.05, 3.63) is 34.9 Å². The number of hydrogen-bond acceptors (Lipinski definition) is 2. The molecule has 3 heteroatoms. The van der Waals surface area contributed by atoms with Gasteiger partial charge >= 0.3 is 5.97 Å². The summed E-state index contributed by atoms with van der Waals surface area (Å²) in [6, 6.07) is 5.02. The van der Waals surface area contributed by atoms with Crippen LogP contribution in [0.4, 0.5) is 0 Å². The topological polar surface area (TPSA) is 63.3 Å². The number of rotatable bonds is 1. The molecule has 0 heterocycles. The van der Waals surface area contributed by atoms with Crippen molar-refractivity contribution in [2.75, 3.05) is 6.54 Å². The molecule has 1 aromatic carbocycles. The zero-order chi connectivity index (χ0) is 10.6. The molecular formula is C11H11NO2. The molecule has 3 nitrogen and oxygen atoms in total. The summed E-state index contributed by atoms with van der Waals surface area (Å²) in [5, 5.41) is 8.84. The first kappa shape index (κ1) is 10.3. The number of carboxylic acid groups (broad SMARTS) is 1. The molecule has 0 radical (unpaired) electrons. The van der Waals surface area contributed by atoms with Crippen LogP contribution in [0.5, 0.6) is 0 Å². The van der Waals surface area contributed by atoms with Crippen molar-refractivity contribution in [3.63, 3.8) is 0 Å². The Labute approximate surface area is 82.6 Å². The molecule has 1 aromatic rings. The lowest BCUT2D eigenvalue weighted by Gasteiger charge is -2.02. The normalized spacial score (nSPS) is 9.00. The molecule has 0 atom stereocenters. The van der Waals surface area contributed by atoms with Gasteiger partial charge in [0.15, 0.2) is 0 Å². The largest absolute Gasteiger partial charge is 0.478 e. The predicted molar refractivity (Wildman–Crippen MR) is 54.1 cm³/mol. The summed E-state index contributed by atoms with van der Waals surface area (Å²) in [5.74, 6) is 4.59. The van der Waals surface area contributed by atoms with Crippen LogP contribution in [0.3, 0.4) is 0 Å². The van der Waals surface area contributed by atoms with Gasteiger partial charge in [-0.05, 0) is 24.6 Å². The first-order valence-electron chi connectivity index (χ1n) is 4.18. The highest BCUT2D eigenvalue weighted by atomic mass is 16.4. The van der Waals surface area contributed by atoms with Gasteiger partial charge in [0, 0.05) is 5.56 Å². The lowest BCUT2D eigenvalue weighted by molar-refractivity contribution is 0.0696. The summed E-state index contributed by atoms with van der Waals surface area (Å²) in [4.78, 5) is 10.8. The van der Waals surface area contributed by atoms with Gasteiger partial charge in [0.25, 0.3) is 0 Å². The summed E-state index contributed by atoms with van der Waals surface area (Å²) >= 11 is 0. The number of carbonyl (C=O) groups is 1. The van der Waals surface area contributed by atoms with E-state index in [0.29, 0.717) is 5.56 Å². The average molecular weight is 189 g/mol. The summed E-state index contributed by atoms with van der Waals surface area (Å²) in [6.07, 6.45) is 0. The van der Waals surface area contributed by atoms with E-state index in [1.54, 1.807) is 25.1 Å². The second-order valence-electron chi connectivity index (χ2n) is 2.79. The Hall–Kier alpha value is -1.79. The van der Waals surface area contributed by atoms with E-state index >= 15 is 0 Å². The SMILES string of the molecule is Cc1c(C#CCN)cccc1C(=O)O. The van der Waals surface area contributed by atoms with Crippen molar-refractivity contribution in [1.29, 1.82) is 0 Å². The molecule has 3 N–H and O–H groups in total. The third kappa shape index (κ3) is 2.12. The van der Waals surface area contributed by atoms with Gasteiger partial charge in [-0.3, -0.25) is 0 Å². The highest BCUT2D eigenvalue weighted by Crippen LogP contribution is 2.12. The van der Waals surface area contributed by atoms with Gasteiger partial charge in [-0.1, -0.05) is 17.9 Å². The molecule has 0 aromatic heterocycles. The fourth-order valence-corrected chi connectivity index (χ4v) is 1.15. The maximum atomic E-state index is 10.8. The quantitative estimate of drug-likeness (QED) is 0.648. The summed E-state index contributed by atoms with van der Waals surface area (Å²) in [7, 11) is 0. The van der Waals surface area contributed by atoms with Crippen LogP contribution in [-0.2, 0) is 0 Å². The van der Waals surface area contributed by atoms with Crippen molar-refractivity contribution < 1.29 is 9.90 Å². The molecule has 0 amide bonds. The molecular weight excluding hydrogens is 178 g/mol. The van der Waals surface area contributed by atoms with Crippen molar-refractivity contribution in [1.82, 2.24) is 0 Å². The van der Waals surface area contributed by atoms with Crippen LogP contribution in [0, 0.1) is 18.8 Å². The van der Waals surface area contributed by atoms with E-state index in [2.05, 4.69) is 11.8 Å². The molecule has 0 spiro atoms. The van der Waals surface area contributed by atoms with Crippen molar-refractivity contribution in [2.24, 2.45) is 5.73 Å². The molecule has 1 rings (SSSR count). The molecule has 14 heavy (non-hydrogen) atoms. The van der Waals surface area contributed by atoms with Crippen molar-refractivity contribution in [2.45, 2.75) is 6.92 Å². The fourth-order valence-electron chi connectivity index (χ4n) is 1.15. The van der Waals surface area contributed by atoms with E-state index < -0.39 is 5.97 Å². The molecule has 0 bridgehead atoms. The third-order valence-corrected chi connectivity index (χ3v) is 1.89. The maximum Gasteiger partial charge on any atom is 0.335 e. The predicted octanol–water partition coefficient (Wildman–Crippen LogP) is 1.00. The maximum absolute atomic E-state index is 10.8. The number of aromatic carboxylic acids is 1. The number of benzene rings is 1. The number of nitrogens with two attached hydrogens (primary N) is 1. The Morgan fingerprint density at radius 3 is 2.86 bits per heavy atom. The van der Waals surface area contributed by atoms with Crippen molar-refractivity contribution >= 4 is 5.97 Å². The lowest BCUT2D eigenvalue weighted by atomic mass is 10.0. The van der Waals surface area contributed by atoms with E-state index in [0.717, 1.165) is 5.56 Å². The van der Waals surface area contributed by atoms with E-state index in [1.807, 2.05) is 0 Å². The molecule has 0 unspecified atom stereocenters. The zero-order valence-electron chi connectivity index (χ0n) is 7.87. The number of hydrogen-bond donors (Lipinski definition) is 2. The Kier molecular flexibility index (Phi) is 3.27. The standard InChI is InChI=1S/C11H11NO2/c1-8-9(5-3-7-12)4-2-6-10(8)11(13)14/h2,4,6H,7,12H2,1H3,(H,13,14). The molecule has 0 saturated carbocycles. The highest BCUT2D eigenvalue weighted by molar-refractivity contribution is 5.90.